The van der Waals surface area contributed by atoms with E-state index < -0.39 is 10.9 Å². The first-order valence-electron chi connectivity index (χ1n) is 11.1. The second-order valence-corrected chi connectivity index (χ2v) is 8.70. The number of phenolic OH excluding ortho intramolecular Hbond substituents is 1. The minimum Gasteiger partial charge on any atom is -0.505 e. The molecule has 176 valence electrons. The van der Waals surface area contributed by atoms with Gasteiger partial charge >= 0.3 is 0 Å². The van der Waals surface area contributed by atoms with Gasteiger partial charge in [0.05, 0.1) is 11.7 Å². The van der Waals surface area contributed by atoms with E-state index in [-0.39, 0.29) is 29.1 Å². The summed E-state index contributed by atoms with van der Waals surface area (Å²) in [6, 6.07) is 14.3. The van der Waals surface area contributed by atoms with E-state index in [9.17, 15) is 14.7 Å². The van der Waals surface area contributed by atoms with Gasteiger partial charge in [0.25, 0.3) is 10.9 Å². The summed E-state index contributed by atoms with van der Waals surface area (Å²) in [6.45, 7) is 6.26. The molecule has 0 bridgehead atoms. The van der Waals surface area contributed by atoms with Crippen molar-refractivity contribution in [2.45, 2.75) is 33.4 Å². The number of anilines is 4. The molecule has 2 aromatic heterocycles. The van der Waals surface area contributed by atoms with E-state index in [1.54, 1.807) is 24.4 Å². The van der Waals surface area contributed by atoms with Crippen LogP contribution in [0.1, 0.15) is 37.0 Å². The van der Waals surface area contributed by atoms with Gasteiger partial charge in [-0.15, -0.1) is 0 Å². The lowest BCUT2D eigenvalue weighted by atomic mass is 10.0. The molecule has 3 N–H and O–H groups in total. The molecular formula is C26H28N4O4. The third kappa shape index (κ3) is 4.52. The van der Waals surface area contributed by atoms with Crippen LogP contribution in [-0.2, 0) is 6.54 Å². The smallest absolute Gasteiger partial charge is 0.253 e. The summed E-state index contributed by atoms with van der Waals surface area (Å²) >= 11 is 0. The number of aromatic nitrogens is 1. The molecule has 2 aromatic carbocycles. The van der Waals surface area contributed by atoms with E-state index in [1.807, 2.05) is 63.1 Å². The van der Waals surface area contributed by atoms with Gasteiger partial charge in [0.2, 0.25) is 0 Å². The Balaban J connectivity index is 1.57. The first kappa shape index (κ1) is 23.1. The molecule has 34 heavy (non-hydrogen) atoms. The molecule has 8 nitrogen and oxygen atoms in total. The molecule has 2 heterocycles. The van der Waals surface area contributed by atoms with Crippen LogP contribution in [0.15, 0.2) is 68.7 Å². The zero-order valence-corrected chi connectivity index (χ0v) is 19.6. The Hall–Kier alpha value is -4.07. The number of phenols is 1. The molecule has 0 aliphatic heterocycles. The molecule has 4 rings (SSSR count). The van der Waals surface area contributed by atoms with Crippen LogP contribution in [0.3, 0.4) is 0 Å². The lowest BCUT2D eigenvalue weighted by Gasteiger charge is -2.24. The first-order chi connectivity index (χ1) is 16.3. The summed E-state index contributed by atoms with van der Waals surface area (Å²) in [7, 11) is 1.88. The molecule has 0 saturated carbocycles. The Bertz CT molecular complexity index is 1350. The van der Waals surface area contributed by atoms with E-state index in [0.29, 0.717) is 23.6 Å². The van der Waals surface area contributed by atoms with Crippen LogP contribution < -0.4 is 26.4 Å². The number of para-hydroxylation sites is 1. The van der Waals surface area contributed by atoms with Crippen molar-refractivity contribution in [2.24, 2.45) is 5.92 Å². The second-order valence-electron chi connectivity index (χ2n) is 8.70. The Morgan fingerprint density at radius 1 is 1.03 bits per heavy atom. The molecule has 0 radical (unpaired) electrons. The van der Waals surface area contributed by atoms with Crippen molar-refractivity contribution in [1.29, 1.82) is 0 Å². The summed E-state index contributed by atoms with van der Waals surface area (Å²) in [6.07, 6.45) is 1.71. The van der Waals surface area contributed by atoms with Gasteiger partial charge < -0.3 is 25.1 Å². The second kappa shape index (κ2) is 9.43. The summed E-state index contributed by atoms with van der Waals surface area (Å²) in [5.74, 6) is 2.33. The van der Waals surface area contributed by atoms with Gasteiger partial charge in [0.1, 0.15) is 34.5 Å². The standard InChI is InChI=1S/C26H28N4O4/c1-15(2)21(19-12-11-16(3)34-19)29-23-22(25(32)26(23)33)28-18-9-7-8-17(24(18)31)14-30(4)20-10-5-6-13-27-20/h5-13,15,21,28-29,31H,14H2,1-4H3/t21-/m1/s1. The zero-order valence-electron chi connectivity index (χ0n) is 19.6. The molecular weight excluding hydrogens is 432 g/mol. The molecule has 1 atom stereocenters. The van der Waals surface area contributed by atoms with Crippen molar-refractivity contribution in [3.8, 4) is 5.75 Å². The number of aromatic hydroxyl groups is 1. The predicted molar refractivity (Wildman–Crippen MR) is 134 cm³/mol. The van der Waals surface area contributed by atoms with Crippen LogP contribution in [0.2, 0.25) is 0 Å². The van der Waals surface area contributed by atoms with Crippen molar-refractivity contribution in [2.75, 3.05) is 22.6 Å². The van der Waals surface area contributed by atoms with Crippen molar-refractivity contribution < 1.29 is 9.52 Å². The first-order valence-corrected chi connectivity index (χ1v) is 11.1. The maximum absolute atomic E-state index is 12.4. The lowest BCUT2D eigenvalue weighted by Crippen LogP contribution is -2.38. The Kier molecular flexibility index (Phi) is 6.40. The van der Waals surface area contributed by atoms with E-state index in [4.69, 9.17) is 4.42 Å². The van der Waals surface area contributed by atoms with Gasteiger partial charge in [0.15, 0.2) is 0 Å². The lowest BCUT2D eigenvalue weighted by molar-refractivity contribution is 0.408. The Morgan fingerprint density at radius 3 is 2.44 bits per heavy atom. The fourth-order valence-corrected chi connectivity index (χ4v) is 3.86. The maximum Gasteiger partial charge on any atom is 0.253 e. The van der Waals surface area contributed by atoms with Gasteiger partial charge in [-0.05, 0) is 43.2 Å². The Labute approximate surface area is 197 Å². The molecule has 0 amide bonds. The highest BCUT2D eigenvalue weighted by Gasteiger charge is 2.28. The van der Waals surface area contributed by atoms with Gasteiger partial charge in [0, 0.05) is 25.4 Å². The maximum atomic E-state index is 12.4. The van der Waals surface area contributed by atoms with Crippen LogP contribution in [-0.4, -0.2) is 17.1 Å². The molecule has 0 spiro atoms. The average Bonchev–Trinajstić information content (AvgIpc) is 3.26. The van der Waals surface area contributed by atoms with Crippen molar-refractivity contribution in [1.82, 2.24) is 4.98 Å². The highest BCUT2D eigenvalue weighted by molar-refractivity contribution is 5.81. The average molecular weight is 461 g/mol. The van der Waals surface area contributed by atoms with Crippen molar-refractivity contribution in [3.63, 3.8) is 0 Å². The van der Waals surface area contributed by atoms with E-state index >= 15 is 0 Å². The van der Waals surface area contributed by atoms with Crippen LogP contribution in [0.4, 0.5) is 22.9 Å². The summed E-state index contributed by atoms with van der Waals surface area (Å²) < 4.78 is 5.75. The third-order valence-electron chi connectivity index (χ3n) is 5.77. The number of hydrogen-bond acceptors (Lipinski definition) is 8. The highest BCUT2D eigenvalue weighted by Crippen LogP contribution is 2.34. The predicted octanol–water partition coefficient (Wildman–Crippen LogP) is 4.47. The molecule has 0 saturated heterocycles. The van der Waals surface area contributed by atoms with Crippen LogP contribution in [0.25, 0.3) is 0 Å². The quantitative estimate of drug-likeness (QED) is 0.248. The number of aryl methyl sites for hydroxylation is 1. The fourth-order valence-electron chi connectivity index (χ4n) is 3.86. The molecule has 0 unspecified atom stereocenters. The van der Waals surface area contributed by atoms with Crippen molar-refractivity contribution in [3.05, 3.63) is 92.3 Å². The largest absolute Gasteiger partial charge is 0.505 e. The van der Waals surface area contributed by atoms with E-state index in [1.165, 1.54) is 0 Å². The molecule has 0 aliphatic rings. The van der Waals surface area contributed by atoms with Crippen molar-refractivity contribution >= 4 is 22.9 Å². The van der Waals surface area contributed by atoms with Crippen LogP contribution >= 0.6 is 0 Å². The summed E-state index contributed by atoms with van der Waals surface area (Å²) in [4.78, 5) is 31.0. The minimum atomic E-state index is -0.629. The van der Waals surface area contributed by atoms with Gasteiger partial charge in [-0.1, -0.05) is 32.0 Å². The number of nitrogens with zero attached hydrogens (tertiary/aromatic N) is 2. The fraction of sp³-hybridized carbons (Fsp3) is 0.269. The normalized spacial score (nSPS) is 12.1. The molecule has 0 fully saturated rings. The third-order valence-corrected chi connectivity index (χ3v) is 5.77. The molecule has 0 aliphatic carbocycles. The topological polar surface area (TPSA) is 108 Å². The monoisotopic (exact) mass is 460 g/mol. The zero-order chi connectivity index (χ0) is 24.4. The Morgan fingerprint density at radius 2 is 1.79 bits per heavy atom. The number of pyridine rings is 1. The van der Waals surface area contributed by atoms with Gasteiger partial charge in [-0.2, -0.15) is 0 Å². The van der Waals surface area contributed by atoms with E-state index in [2.05, 4.69) is 15.6 Å². The molecule has 8 heteroatoms. The summed E-state index contributed by atoms with van der Waals surface area (Å²) in [5.41, 5.74) is 0.0881. The van der Waals surface area contributed by atoms with Gasteiger partial charge in [-0.3, -0.25) is 9.59 Å². The minimum absolute atomic E-state index is 0.00588. The van der Waals surface area contributed by atoms with Crippen LogP contribution in [0.5, 0.6) is 5.75 Å². The van der Waals surface area contributed by atoms with E-state index in [0.717, 1.165) is 11.6 Å². The number of furan rings is 1. The SMILES string of the molecule is Cc1ccc([C@H](Nc2c(Nc3cccc(CN(C)c4ccccn4)c3O)c(=O)c2=O)C(C)C)o1. The summed E-state index contributed by atoms with van der Waals surface area (Å²) in [5, 5.41) is 17.0. The number of nitrogens with one attached hydrogen (secondary N) is 2. The number of benzene rings is 1. The number of rotatable bonds is 9. The molecule has 4 aromatic rings. The van der Waals surface area contributed by atoms with Gasteiger partial charge in [-0.25, -0.2) is 4.98 Å². The number of hydrogen-bond donors (Lipinski definition) is 3. The van der Waals surface area contributed by atoms with Crippen LogP contribution in [0, 0.1) is 12.8 Å². The highest BCUT2D eigenvalue weighted by atomic mass is 16.3.